The average molecular weight is 174 g/mol. The van der Waals surface area contributed by atoms with Crippen molar-refractivity contribution in [2.75, 3.05) is 6.54 Å². The van der Waals surface area contributed by atoms with E-state index in [-0.39, 0.29) is 0 Å². The fourth-order valence-corrected chi connectivity index (χ4v) is 0.576. The maximum atomic E-state index is 8.36. The van der Waals surface area contributed by atoms with Crippen LogP contribution in [0, 0.1) is 10.1 Å². The van der Waals surface area contributed by atoms with Crippen molar-refractivity contribution in [1.82, 2.24) is 9.97 Å². The average Bonchev–Trinajstić information content (AvgIpc) is 2.39. The van der Waals surface area contributed by atoms with Crippen LogP contribution in [0.4, 0.5) is 0 Å². The zero-order valence-corrected chi connectivity index (χ0v) is 6.30. The monoisotopic (exact) mass is 174 g/mol. The molecule has 1 heterocycles. The Morgan fingerprint density at radius 1 is 1.83 bits per heavy atom. The lowest BCUT2D eigenvalue weighted by atomic mass is 10.3. The maximum absolute atomic E-state index is 8.36. The predicted octanol–water partition coefficient (Wildman–Crippen LogP) is -0.437. The standard InChI is InChI=1S/C5H9N3.HNO3/c6-2-1-5-3-7-4-8-5;2-1(3)4/h3-4H,1-2,6H2,(H,7,8);(H,2,3,4). The van der Waals surface area contributed by atoms with E-state index in [4.69, 9.17) is 21.1 Å². The van der Waals surface area contributed by atoms with Crippen LogP contribution in [0.15, 0.2) is 12.5 Å². The molecule has 0 aliphatic heterocycles. The van der Waals surface area contributed by atoms with Crippen LogP contribution in [0.3, 0.4) is 0 Å². The highest BCUT2D eigenvalue weighted by Gasteiger charge is 1.87. The number of hydrogen-bond acceptors (Lipinski definition) is 4. The van der Waals surface area contributed by atoms with E-state index in [0.717, 1.165) is 12.1 Å². The van der Waals surface area contributed by atoms with Gasteiger partial charge in [0.25, 0.3) is 5.09 Å². The Balaban J connectivity index is 0.000000261. The lowest BCUT2D eigenvalue weighted by Crippen LogP contribution is -2.02. The molecule has 0 fully saturated rings. The Morgan fingerprint density at radius 2 is 2.42 bits per heavy atom. The summed E-state index contributed by atoms with van der Waals surface area (Å²) in [6, 6.07) is 0. The van der Waals surface area contributed by atoms with Gasteiger partial charge in [0.2, 0.25) is 0 Å². The first-order valence-corrected chi connectivity index (χ1v) is 3.17. The number of nitrogens with zero attached hydrogens (tertiary/aromatic N) is 2. The molecule has 1 aromatic heterocycles. The van der Waals surface area contributed by atoms with Crippen molar-refractivity contribution < 1.29 is 10.3 Å². The zero-order valence-electron chi connectivity index (χ0n) is 6.30. The van der Waals surface area contributed by atoms with Crippen molar-refractivity contribution in [1.29, 1.82) is 0 Å². The third-order valence-electron chi connectivity index (χ3n) is 0.955. The number of H-pyrrole nitrogens is 1. The van der Waals surface area contributed by atoms with Crippen LogP contribution in [0.5, 0.6) is 0 Å². The molecule has 0 saturated heterocycles. The summed E-state index contributed by atoms with van der Waals surface area (Å²) in [6.07, 6.45) is 4.38. The van der Waals surface area contributed by atoms with E-state index in [9.17, 15) is 0 Å². The summed E-state index contributed by atoms with van der Waals surface area (Å²) < 4.78 is 0. The third kappa shape index (κ3) is 6.49. The minimum absolute atomic E-state index is 0.671. The van der Waals surface area contributed by atoms with E-state index in [1.54, 1.807) is 6.33 Å². The number of imidazole rings is 1. The van der Waals surface area contributed by atoms with Gasteiger partial charge in [0.15, 0.2) is 0 Å². The van der Waals surface area contributed by atoms with Crippen LogP contribution in [-0.2, 0) is 6.42 Å². The summed E-state index contributed by atoms with van der Waals surface area (Å²) in [5.41, 5.74) is 6.30. The first-order valence-electron chi connectivity index (χ1n) is 3.17. The smallest absolute Gasteiger partial charge is 0.291 e. The van der Waals surface area contributed by atoms with Gasteiger partial charge < -0.3 is 15.9 Å². The Labute approximate surface area is 68.3 Å². The van der Waals surface area contributed by atoms with Crippen molar-refractivity contribution in [2.45, 2.75) is 6.42 Å². The summed E-state index contributed by atoms with van der Waals surface area (Å²) in [5.74, 6) is 0. The second-order valence-electron chi connectivity index (χ2n) is 1.84. The molecule has 68 valence electrons. The van der Waals surface area contributed by atoms with Crippen LogP contribution < -0.4 is 5.73 Å². The van der Waals surface area contributed by atoms with Gasteiger partial charge in [0.05, 0.1) is 12.0 Å². The zero-order chi connectivity index (χ0) is 9.40. The second-order valence-corrected chi connectivity index (χ2v) is 1.84. The lowest BCUT2D eigenvalue weighted by molar-refractivity contribution is -0.742. The quantitative estimate of drug-likeness (QED) is 0.415. The molecule has 7 heteroatoms. The van der Waals surface area contributed by atoms with Crippen LogP contribution >= 0.6 is 0 Å². The number of aromatic amines is 1. The molecule has 0 bridgehead atoms. The van der Waals surface area contributed by atoms with E-state index in [0.29, 0.717) is 6.54 Å². The SMILES string of the molecule is NCCc1c[nH]cn1.O=[N+]([O-])O. The van der Waals surface area contributed by atoms with Crippen LogP contribution in [0.25, 0.3) is 0 Å². The maximum Gasteiger partial charge on any atom is 0.291 e. The van der Waals surface area contributed by atoms with Crippen LogP contribution in [-0.4, -0.2) is 26.8 Å². The Bertz CT molecular complexity index is 206. The fourth-order valence-electron chi connectivity index (χ4n) is 0.576. The molecule has 0 atom stereocenters. The molecule has 0 aromatic carbocycles. The summed E-state index contributed by atoms with van der Waals surface area (Å²) in [7, 11) is 0. The van der Waals surface area contributed by atoms with Crippen molar-refractivity contribution >= 4 is 0 Å². The minimum atomic E-state index is -1.50. The van der Waals surface area contributed by atoms with Gasteiger partial charge in [-0.15, -0.1) is 10.1 Å². The molecule has 4 N–H and O–H groups in total. The van der Waals surface area contributed by atoms with Gasteiger partial charge in [-0.05, 0) is 6.54 Å². The molecule has 1 aromatic rings. The molecule has 0 aliphatic rings. The molecule has 0 saturated carbocycles. The number of hydrogen-bond donors (Lipinski definition) is 3. The topological polar surface area (TPSA) is 118 Å². The van der Waals surface area contributed by atoms with E-state index in [2.05, 4.69) is 9.97 Å². The normalized spacial score (nSPS) is 8.42. The van der Waals surface area contributed by atoms with Gasteiger partial charge >= 0.3 is 0 Å². The second kappa shape index (κ2) is 6.10. The predicted molar refractivity (Wildman–Crippen MR) is 40.1 cm³/mol. The molecular weight excluding hydrogens is 164 g/mol. The third-order valence-corrected chi connectivity index (χ3v) is 0.955. The van der Waals surface area contributed by atoms with E-state index < -0.39 is 5.09 Å². The molecule has 0 aliphatic carbocycles. The molecule has 0 amide bonds. The Kier molecular flexibility index (Phi) is 5.28. The highest BCUT2D eigenvalue weighted by Crippen LogP contribution is 1.88. The number of nitrogens with one attached hydrogen (secondary N) is 1. The number of rotatable bonds is 2. The largest absolute Gasteiger partial charge is 0.351 e. The summed E-state index contributed by atoms with van der Waals surface area (Å²) in [4.78, 5) is 15.2. The first-order chi connectivity index (χ1) is 5.66. The molecule has 7 nitrogen and oxygen atoms in total. The molecule has 12 heavy (non-hydrogen) atoms. The van der Waals surface area contributed by atoms with Gasteiger partial charge in [-0.3, -0.25) is 0 Å². The summed E-state index contributed by atoms with van der Waals surface area (Å²) in [6.45, 7) is 0.671. The number of nitrogens with two attached hydrogens (primary N) is 1. The molecule has 0 radical (unpaired) electrons. The van der Waals surface area contributed by atoms with Gasteiger partial charge in [0, 0.05) is 12.6 Å². The van der Waals surface area contributed by atoms with Crippen molar-refractivity contribution in [3.8, 4) is 0 Å². The highest BCUT2D eigenvalue weighted by molar-refractivity contribution is 4.93. The molecule has 0 spiro atoms. The van der Waals surface area contributed by atoms with E-state index in [1.165, 1.54) is 0 Å². The van der Waals surface area contributed by atoms with Gasteiger partial charge in [-0.1, -0.05) is 0 Å². The summed E-state index contributed by atoms with van der Waals surface area (Å²) >= 11 is 0. The van der Waals surface area contributed by atoms with Gasteiger partial charge in [-0.25, -0.2) is 4.98 Å². The van der Waals surface area contributed by atoms with E-state index >= 15 is 0 Å². The van der Waals surface area contributed by atoms with Crippen molar-refractivity contribution in [3.63, 3.8) is 0 Å². The van der Waals surface area contributed by atoms with Crippen LogP contribution in [0.1, 0.15) is 5.69 Å². The Hall–Kier alpha value is -1.63. The highest BCUT2D eigenvalue weighted by atomic mass is 16.9. The first kappa shape index (κ1) is 10.4. The van der Waals surface area contributed by atoms with Crippen molar-refractivity contribution in [2.24, 2.45) is 5.73 Å². The van der Waals surface area contributed by atoms with Gasteiger partial charge in [0.1, 0.15) is 0 Å². The minimum Gasteiger partial charge on any atom is -0.351 e. The lowest BCUT2D eigenvalue weighted by Gasteiger charge is -1.85. The van der Waals surface area contributed by atoms with Gasteiger partial charge in [-0.2, -0.15) is 0 Å². The molecule has 0 unspecified atom stereocenters. The number of aromatic nitrogens is 2. The fraction of sp³-hybridized carbons (Fsp3) is 0.400. The molecular formula is C5H10N4O3. The van der Waals surface area contributed by atoms with E-state index in [1.807, 2.05) is 6.20 Å². The molecule has 1 rings (SSSR count). The van der Waals surface area contributed by atoms with Crippen molar-refractivity contribution in [3.05, 3.63) is 28.3 Å². The van der Waals surface area contributed by atoms with Crippen LogP contribution in [0.2, 0.25) is 0 Å². The summed E-state index contributed by atoms with van der Waals surface area (Å²) in [5, 5.41) is 13.6. The Morgan fingerprint density at radius 3 is 2.75 bits per heavy atom.